The molecule has 5 nitrogen and oxygen atoms in total. The molecule has 0 fully saturated rings. The third kappa shape index (κ3) is 3.10. The van der Waals surface area contributed by atoms with Crippen LogP contribution in [0, 0.1) is 0 Å². The van der Waals surface area contributed by atoms with E-state index in [1.54, 1.807) is 18.5 Å². The second kappa shape index (κ2) is 6.42. The second-order valence-corrected chi connectivity index (χ2v) is 5.62. The number of fused-ring (bicyclic) bond motifs is 1. The van der Waals surface area contributed by atoms with Crippen LogP contribution in [0.25, 0.3) is 0 Å². The minimum atomic E-state index is -0.281. The first-order chi connectivity index (χ1) is 10.6. The Morgan fingerprint density at radius 2 is 2.23 bits per heavy atom. The monoisotopic (exact) mass is 337 g/mol. The molecule has 114 valence electrons. The van der Waals surface area contributed by atoms with E-state index in [0.29, 0.717) is 28.9 Å². The Hall–Kier alpha value is -1.98. The van der Waals surface area contributed by atoms with Gasteiger partial charge in [-0.25, -0.2) is 4.79 Å². The van der Waals surface area contributed by atoms with E-state index in [-0.39, 0.29) is 12.1 Å². The van der Waals surface area contributed by atoms with Crippen molar-refractivity contribution in [3.8, 4) is 5.75 Å². The predicted octanol–water partition coefficient (Wildman–Crippen LogP) is 3.32. The van der Waals surface area contributed by atoms with E-state index >= 15 is 0 Å². The molecule has 0 saturated carbocycles. The van der Waals surface area contributed by atoms with Crippen LogP contribution in [0.1, 0.15) is 17.2 Å². The topological polar surface area (TPSA) is 63.2 Å². The van der Waals surface area contributed by atoms with Crippen molar-refractivity contribution >= 4 is 29.2 Å². The normalized spacial score (nSPS) is 15.8. The average molecular weight is 338 g/mol. The maximum Gasteiger partial charge on any atom is 0.315 e. The van der Waals surface area contributed by atoms with Crippen molar-refractivity contribution in [3.05, 3.63) is 57.8 Å². The molecule has 0 aliphatic carbocycles. The summed E-state index contributed by atoms with van der Waals surface area (Å²) in [5.74, 6) is 0.534. The van der Waals surface area contributed by atoms with Gasteiger partial charge < -0.3 is 15.4 Å². The number of hydrogen-bond donors (Lipinski definition) is 2. The van der Waals surface area contributed by atoms with E-state index in [9.17, 15) is 4.79 Å². The molecule has 1 aliphatic rings. The molecule has 1 aliphatic heterocycles. The third-order valence-corrected chi connectivity index (χ3v) is 4.12. The van der Waals surface area contributed by atoms with Crippen molar-refractivity contribution < 1.29 is 9.53 Å². The van der Waals surface area contributed by atoms with Crippen LogP contribution in [-0.2, 0) is 6.54 Å². The lowest BCUT2D eigenvalue weighted by atomic mass is 10.1. The summed E-state index contributed by atoms with van der Waals surface area (Å²) < 4.78 is 5.52. The largest absolute Gasteiger partial charge is 0.489 e. The van der Waals surface area contributed by atoms with Gasteiger partial charge in [-0.05, 0) is 17.7 Å². The first kappa shape index (κ1) is 14.9. The van der Waals surface area contributed by atoms with Crippen LogP contribution in [0.3, 0.4) is 0 Å². The van der Waals surface area contributed by atoms with E-state index in [2.05, 4.69) is 15.6 Å². The van der Waals surface area contributed by atoms with Gasteiger partial charge in [0.1, 0.15) is 17.4 Å². The van der Waals surface area contributed by atoms with E-state index < -0.39 is 0 Å². The molecule has 3 rings (SSSR count). The van der Waals surface area contributed by atoms with Crippen LogP contribution in [0.4, 0.5) is 4.79 Å². The molecule has 0 saturated heterocycles. The smallest absolute Gasteiger partial charge is 0.315 e. The molecule has 1 atom stereocenters. The number of urea groups is 1. The minimum Gasteiger partial charge on any atom is -0.489 e. The maximum absolute atomic E-state index is 12.0. The van der Waals surface area contributed by atoms with Crippen molar-refractivity contribution in [1.29, 1.82) is 0 Å². The van der Waals surface area contributed by atoms with Crippen LogP contribution in [0.15, 0.2) is 36.7 Å². The molecule has 1 aromatic heterocycles. The standard InChI is InChI=1S/C15H13Cl2N3O2/c16-11-4-3-10-12(8-22-14(10)13(11)17)20-15(21)19-7-9-2-1-5-18-6-9/h1-6,12H,7-8H2,(H2,19,20,21)/t12-/m1/s1. The number of nitrogens with one attached hydrogen (secondary N) is 2. The fraction of sp³-hybridized carbons (Fsp3) is 0.200. The summed E-state index contributed by atoms with van der Waals surface area (Å²) in [6.07, 6.45) is 3.39. The van der Waals surface area contributed by atoms with E-state index in [1.165, 1.54) is 0 Å². The lowest BCUT2D eigenvalue weighted by Crippen LogP contribution is -2.38. The van der Waals surface area contributed by atoms with E-state index in [4.69, 9.17) is 27.9 Å². The van der Waals surface area contributed by atoms with Gasteiger partial charge in [-0.1, -0.05) is 35.3 Å². The van der Waals surface area contributed by atoms with Gasteiger partial charge in [0.15, 0.2) is 0 Å². The summed E-state index contributed by atoms with van der Waals surface area (Å²) in [7, 11) is 0. The summed E-state index contributed by atoms with van der Waals surface area (Å²) in [4.78, 5) is 16.0. The number of ether oxygens (including phenoxy) is 1. The van der Waals surface area contributed by atoms with Crippen LogP contribution in [0.5, 0.6) is 5.75 Å². The molecular formula is C15H13Cl2N3O2. The fourth-order valence-electron chi connectivity index (χ4n) is 2.24. The second-order valence-electron chi connectivity index (χ2n) is 4.83. The lowest BCUT2D eigenvalue weighted by Gasteiger charge is -2.13. The number of benzene rings is 1. The number of carbonyl (C=O) groups is 1. The van der Waals surface area contributed by atoms with Crippen LogP contribution >= 0.6 is 23.2 Å². The summed E-state index contributed by atoms with van der Waals surface area (Å²) in [5.41, 5.74) is 1.75. The van der Waals surface area contributed by atoms with Gasteiger partial charge in [0, 0.05) is 24.5 Å². The summed E-state index contributed by atoms with van der Waals surface area (Å²) >= 11 is 12.0. The molecule has 2 heterocycles. The van der Waals surface area contributed by atoms with Crippen LogP contribution < -0.4 is 15.4 Å². The third-order valence-electron chi connectivity index (χ3n) is 3.33. The van der Waals surface area contributed by atoms with Gasteiger partial charge in [0.05, 0.1) is 11.1 Å². The first-order valence-corrected chi connectivity index (χ1v) is 7.44. The fourth-order valence-corrected chi connectivity index (χ4v) is 2.61. The van der Waals surface area contributed by atoms with Gasteiger partial charge in [-0.3, -0.25) is 4.98 Å². The Kier molecular flexibility index (Phi) is 4.36. The molecule has 2 N–H and O–H groups in total. The quantitative estimate of drug-likeness (QED) is 0.902. The molecule has 1 aromatic carbocycles. The van der Waals surface area contributed by atoms with Crippen LogP contribution in [-0.4, -0.2) is 17.6 Å². The highest BCUT2D eigenvalue weighted by Gasteiger charge is 2.28. The van der Waals surface area contributed by atoms with Crippen molar-refractivity contribution in [1.82, 2.24) is 15.6 Å². The Bertz CT molecular complexity index is 695. The first-order valence-electron chi connectivity index (χ1n) is 6.69. The highest BCUT2D eigenvalue weighted by atomic mass is 35.5. The lowest BCUT2D eigenvalue weighted by molar-refractivity contribution is 0.231. The Morgan fingerprint density at radius 3 is 3.00 bits per heavy atom. The predicted molar refractivity (Wildman–Crippen MR) is 84.3 cm³/mol. The molecule has 0 bridgehead atoms. The zero-order valence-electron chi connectivity index (χ0n) is 11.5. The van der Waals surface area contributed by atoms with Gasteiger partial charge >= 0.3 is 6.03 Å². The number of nitrogens with zero attached hydrogens (tertiary/aromatic N) is 1. The van der Waals surface area contributed by atoms with Crippen molar-refractivity contribution in [3.63, 3.8) is 0 Å². The zero-order valence-corrected chi connectivity index (χ0v) is 13.0. The summed E-state index contributed by atoms with van der Waals surface area (Å²) in [5, 5.41) is 6.44. The summed E-state index contributed by atoms with van der Waals surface area (Å²) in [6, 6.07) is 6.68. The van der Waals surface area contributed by atoms with Gasteiger partial charge in [0.2, 0.25) is 0 Å². The average Bonchev–Trinajstić information content (AvgIpc) is 2.93. The van der Waals surface area contributed by atoms with Crippen molar-refractivity contribution in [2.45, 2.75) is 12.6 Å². The van der Waals surface area contributed by atoms with Crippen molar-refractivity contribution in [2.24, 2.45) is 0 Å². The van der Waals surface area contributed by atoms with Gasteiger partial charge in [-0.2, -0.15) is 0 Å². The van der Waals surface area contributed by atoms with Crippen LogP contribution in [0.2, 0.25) is 10.0 Å². The highest BCUT2D eigenvalue weighted by Crippen LogP contribution is 2.41. The van der Waals surface area contributed by atoms with Gasteiger partial charge in [0.25, 0.3) is 0 Å². The number of pyridine rings is 1. The van der Waals surface area contributed by atoms with E-state index in [0.717, 1.165) is 11.1 Å². The Morgan fingerprint density at radius 1 is 1.36 bits per heavy atom. The number of hydrogen-bond acceptors (Lipinski definition) is 3. The molecular weight excluding hydrogens is 325 g/mol. The molecule has 2 aromatic rings. The minimum absolute atomic E-state index is 0.251. The van der Waals surface area contributed by atoms with Gasteiger partial charge in [-0.15, -0.1) is 0 Å². The molecule has 2 amide bonds. The SMILES string of the molecule is O=C(NCc1cccnc1)N[C@@H]1COc2c1ccc(Cl)c2Cl. The Balaban J connectivity index is 1.61. The highest BCUT2D eigenvalue weighted by molar-refractivity contribution is 6.43. The number of aromatic nitrogens is 1. The number of amides is 2. The molecule has 0 unspecified atom stereocenters. The zero-order chi connectivity index (χ0) is 15.5. The molecule has 7 heteroatoms. The van der Waals surface area contributed by atoms with Crippen molar-refractivity contribution in [2.75, 3.05) is 6.61 Å². The number of carbonyl (C=O) groups excluding carboxylic acids is 1. The molecule has 22 heavy (non-hydrogen) atoms. The Labute approximate surface area is 137 Å². The van der Waals surface area contributed by atoms with E-state index in [1.807, 2.05) is 18.2 Å². The number of rotatable bonds is 3. The number of halogens is 2. The molecule has 0 radical (unpaired) electrons. The maximum atomic E-state index is 12.0. The molecule has 0 spiro atoms. The summed E-state index contributed by atoms with van der Waals surface area (Å²) in [6.45, 7) is 0.733.